The second-order valence-electron chi connectivity index (χ2n) is 4.38. The molecule has 118 valence electrons. The molecular weight excluding hydrogens is 304 g/mol. The van der Waals surface area contributed by atoms with Gasteiger partial charge < -0.3 is 10.5 Å². The molecule has 0 saturated heterocycles. The van der Waals surface area contributed by atoms with Crippen LogP contribution in [0.3, 0.4) is 0 Å². The molecule has 0 aliphatic heterocycles. The first-order chi connectivity index (χ1) is 11.2. The topological polar surface area (TPSA) is 160 Å². The molecule has 1 aromatic carbocycles. The van der Waals surface area contributed by atoms with Crippen LogP contribution >= 0.6 is 0 Å². The van der Waals surface area contributed by atoms with E-state index in [9.17, 15) is 4.79 Å². The highest BCUT2D eigenvalue weighted by molar-refractivity contribution is 5.98. The summed E-state index contributed by atoms with van der Waals surface area (Å²) in [6.07, 6.45) is 0. The molecule has 0 unspecified atom stereocenters. The second-order valence-corrected chi connectivity index (χ2v) is 4.38. The third kappa shape index (κ3) is 2.44. The van der Waals surface area contributed by atoms with Crippen LogP contribution in [0.4, 0.5) is 5.82 Å². The summed E-state index contributed by atoms with van der Waals surface area (Å²) in [4.78, 5) is 12.0. The molecule has 0 aliphatic rings. The van der Waals surface area contributed by atoms with Gasteiger partial charge in [-0.3, -0.25) is 10.2 Å². The number of ether oxygens (including phenoxy) is 1. The molecule has 2 aromatic heterocycles. The zero-order valence-corrected chi connectivity index (χ0v) is 11.9. The molecule has 0 fully saturated rings. The maximum absolute atomic E-state index is 12.0. The summed E-state index contributed by atoms with van der Waals surface area (Å²) in [5.74, 6) is 5.26. The number of nitrogens with one attached hydrogen (secondary N) is 1. The summed E-state index contributed by atoms with van der Waals surface area (Å²) in [5.41, 5.74) is 8.60. The molecule has 5 N–H and O–H groups in total. The van der Waals surface area contributed by atoms with Crippen molar-refractivity contribution in [1.29, 1.82) is 0 Å². The lowest BCUT2D eigenvalue weighted by Crippen LogP contribution is -2.30. The van der Waals surface area contributed by atoms with Gasteiger partial charge >= 0.3 is 0 Å². The Balaban J connectivity index is 2.25. The molecule has 11 nitrogen and oxygen atoms in total. The number of amides is 1. The van der Waals surface area contributed by atoms with E-state index in [-0.39, 0.29) is 17.3 Å². The lowest BCUT2D eigenvalue weighted by molar-refractivity contribution is 0.0949. The molecule has 0 spiro atoms. The Kier molecular flexibility index (Phi) is 3.60. The van der Waals surface area contributed by atoms with Crippen LogP contribution in [-0.4, -0.2) is 38.3 Å². The number of hydrogen-bond acceptors (Lipinski definition) is 9. The smallest absolute Gasteiger partial charge is 0.288 e. The molecule has 11 heteroatoms. The maximum Gasteiger partial charge on any atom is 0.288 e. The molecule has 3 rings (SSSR count). The van der Waals surface area contributed by atoms with Crippen LogP contribution in [0.1, 0.15) is 10.5 Å². The summed E-state index contributed by atoms with van der Waals surface area (Å²) < 4.78 is 11.0. The van der Waals surface area contributed by atoms with E-state index in [1.165, 1.54) is 11.8 Å². The summed E-state index contributed by atoms with van der Waals surface area (Å²) in [5, 5.41) is 14.9. The van der Waals surface area contributed by atoms with Crippen molar-refractivity contribution >= 4 is 11.7 Å². The Hall–Kier alpha value is -3.47. The fourth-order valence-electron chi connectivity index (χ4n) is 2.02. The zero-order valence-electron chi connectivity index (χ0n) is 11.9. The number of methoxy groups -OCH3 is 1. The zero-order chi connectivity index (χ0) is 16.4. The van der Waals surface area contributed by atoms with Crippen LogP contribution in [0.5, 0.6) is 5.75 Å². The molecule has 1 amide bonds. The predicted molar refractivity (Wildman–Crippen MR) is 77.3 cm³/mol. The van der Waals surface area contributed by atoms with E-state index in [1.54, 1.807) is 24.3 Å². The van der Waals surface area contributed by atoms with Gasteiger partial charge in [0.2, 0.25) is 11.6 Å². The second kappa shape index (κ2) is 5.73. The molecule has 0 radical (unpaired) electrons. The average molecular weight is 316 g/mol. The Morgan fingerprint density at radius 3 is 2.87 bits per heavy atom. The molecule has 0 bridgehead atoms. The third-order valence-electron chi connectivity index (χ3n) is 3.06. The monoisotopic (exact) mass is 316 g/mol. The number of anilines is 1. The van der Waals surface area contributed by atoms with Crippen molar-refractivity contribution < 1.29 is 14.2 Å². The van der Waals surface area contributed by atoms with E-state index >= 15 is 0 Å². The van der Waals surface area contributed by atoms with Crippen molar-refractivity contribution in [1.82, 2.24) is 30.7 Å². The highest BCUT2D eigenvalue weighted by atomic mass is 16.6. The van der Waals surface area contributed by atoms with Crippen molar-refractivity contribution in [3.63, 3.8) is 0 Å². The van der Waals surface area contributed by atoms with Crippen molar-refractivity contribution in [2.75, 3.05) is 12.8 Å². The SMILES string of the molecule is COc1cccc(-c2c(C(=O)NN)nnn2-c2nonc2N)c1. The fraction of sp³-hybridized carbons (Fsp3) is 0.0833. The van der Waals surface area contributed by atoms with Gasteiger partial charge in [-0.05, 0) is 22.4 Å². The first kappa shape index (κ1) is 14.5. The summed E-state index contributed by atoms with van der Waals surface area (Å²) >= 11 is 0. The minimum atomic E-state index is -0.621. The summed E-state index contributed by atoms with van der Waals surface area (Å²) in [6, 6.07) is 6.95. The number of nitrogen functional groups attached to an aromatic ring is 2. The summed E-state index contributed by atoms with van der Waals surface area (Å²) in [7, 11) is 1.53. The molecule has 0 saturated carbocycles. The van der Waals surface area contributed by atoms with Crippen molar-refractivity contribution in [3.8, 4) is 22.8 Å². The van der Waals surface area contributed by atoms with Gasteiger partial charge in [0.15, 0.2) is 5.69 Å². The minimum absolute atomic E-state index is 0.00115. The molecular formula is C12H12N8O3. The van der Waals surface area contributed by atoms with Gasteiger partial charge in [0.25, 0.3) is 5.91 Å². The van der Waals surface area contributed by atoms with Gasteiger partial charge in [0.05, 0.1) is 7.11 Å². The van der Waals surface area contributed by atoms with E-state index in [2.05, 4.69) is 25.3 Å². The van der Waals surface area contributed by atoms with E-state index in [1.807, 2.05) is 5.43 Å². The van der Waals surface area contributed by atoms with E-state index in [0.717, 1.165) is 0 Å². The Morgan fingerprint density at radius 1 is 1.39 bits per heavy atom. The number of carbonyl (C=O) groups is 1. The van der Waals surface area contributed by atoms with E-state index < -0.39 is 5.91 Å². The fourth-order valence-corrected chi connectivity index (χ4v) is 2.02. The molecule has 0 aliphatic carbocycles. The number of rotatable bonds is 4. The van der Waals surface area contributed by atoms with Crippen LogP contribution in [-0.2, 0) is 0 Å². The Labute approximate surface area is 129 Å². The molecule has 3 aromatic rings. The largest absolute Gasteiger partial charge is 0.497 e. The lowest BCUT2D eigenvalue weighted by atomic mass is 10.1. The number of aromatic nitrogens is 5. The number of hydrogen-bond donors (Lipinski definition) is 3. The number of carbonyl (C=O) groups excluding carboxylic acids is 1. The standard InChI is InChI=1S/C12H12N8O3/c1-22-7-4-2-3-6(5-7)9-8(12(21)15-14)16-19-20(9)11-10(13)17-23-18-11/h2-5H,14H2,1H3,(H2,13,17)(H,15,21). The third-order valence-corrected chi connectivity index (χ3v) is 3.06. The van der Waals surface area contributed by atoms with Gasteiger partial charge in [-0.15, -0.1) is 5.10 Å². The first-order valence-electron chi connectivity index (χ1n) is 6.35. The Bertz CT molecular complexity index is 856. The van der Waals surface area contributed by atoms with Gasteiger partial charge in [0, 0.05) is 5.56 Å². The van der Waals surface area contributed by atoms with Crippen molar-refractivity contribution in [2.45, 2.75) is 0 Å². The van der Waals surface area contributed by atoms with Gasteiger partial charge in [-0.1, -0.05) is 17.3 Å². The van der Waals surface area contributed by atoms with Crippen LogP contribution in [0.2, 0.25) is 0 Å². The first-order valence-corrected chi connectivity index (χ1v) is 6.35. The van der Waals surface area contributed by atoms with E-state index in [0.29, 0.717) is 17.0 Å². The molecule has 23 heavy (non-hydrogen) atoms. The normalized spacial score (nSPS) is 10.5. The van der Waals surface area contributed by atoms with Crippen molar-refractivity contribution in [3.05, 3.63) is 30.0 Å². The lowest BCUT2D eigenvalue weighted by Gasteiger charge is -2.07. The van der Waals surface area contributed by atoms with Gasteiger partial charge in [-0.25, -0.2) is 10.5 Å². The number of hydrazine groups is 1. The molecule has 2 heterocycles. The van der Waals surface area contributed by atoms with Gasteiger partial charge in [0.1, 0.15) is 11.4 Å². The Morgan fingerprint density at radius 2 is 2.22 bits per heavy atom. The predicted octanol–water partition coefficient (Wildman–Crippen LogP) is -0.488. The summed E-state index contributed by atoms with van der Waals surface area (Å²) in [6.45, 7) is 0. The molecule has 0 atom stereocenters. The number of nitrogens with zero attached hydrogens (tertiary/aromatic N) is 5. The maximum atomic E-state index is 12.0. The van der Waals surface area contributed by atoms with Crippen molar-refractivity contribution in [2.24, 2.45) is 5.84 Å². The average Bonchev–Trinajstić information content (AvgIpc) is 3.19. The van der Waals surface area contributed by atoms with Crippen LogP contribution < -0.4 is 21.7 Å². The number of benzene rings is 1. The van der Waals surface area contributed by atoms with Crippen LogP contribution in [0.15, 0.2) is 28.9 Å². The highest BCUT2D eigenvalue weighted by Gasteiger charge is 2.24. The van der Waals surface area contributed by atoms with Gasteiger partial charge in [-0.2, -0.15) is 4.68 Å². The van der Waals surface area contributed by atoms with E-state index in [4.69, 9.17) is 16.3 Å². The van der Waals surface area contributed by atoms with Crippen LogP contribution in [0.25, 0.3) is 17.1 Å². The number of nitrogens with two attached hydrogens (primary N) is 2. The van der Waals surface area contributed by atoms with Crippen LogP contribution in [0, 0.1) is 0 Å². The minimum Gasteiger partial charge on any atom is -0.497 e. The quantitative estimate of drug-likeness (QED) is 0.328. The highest BCUT2D eigenvalue weighted by Crippen LogP contribution is 2.28.